The summed E-state index contributed by atoms with van der Waals surface area (Å²) >= 11 is 6.17. The number of halogens is 1. The highest BCUT2D eigenvalue weighted by atomic mass is 35.5. The van der Waals surface area contributed by atoms with Crippen LogP contribution in [-0.4, -0.2) is 45.8 Å². The van der Waals surface area contributed by atoms with Crippen molar-refractivity contribution in [3.05, 3.63) is 58.6 Å². The van der Waals surface area contributed by atoms with Gasteiger partial charge in [-0.3, -0.25) is 4.79 Å². The smallest absolute Gasteiger partial charge is 0.243 e. The highest BCUT2D eigenvalue weighted by molar-refractivity contribution is 7.89. The van der Waals surface area contributed by atoms with Crippen LogP contribution in [0.25, 0.3) is 6.08 Å². The molecule has 0 saturated heterocycles. The number of hydrogen-bond donors (Lipinski definition) is 0. The normalized spacial score (nSPS) is 11.8. The number of rotatable bonds is 9. The van der Waals surface area contributed by atoms with Gasteiger partial charge in [0.05, 0.1) is 24.1 Å². The lowest BCUT2D eigenvalue weighted by Crippen LogP contribution is -2.30. The van der Waals surface area contributed by atoms with E-state index in [0.717, 1.165) is 0 Å². The minimum Gasteiger partial charge on any atom is -0.493 e. The molecule has 2 rings (SSSR count). The number of methoxy groups -OCH3 is 2. The summed E-state index contributed by atoms with van der Waals surface area (Å²) in [5.74, 6) is 0.614. The molecule has 0 atom stereocenters. The molecule has 156 valence electrons. The van der Waals surface area contributed by atoms with Crippen LogP contribution in [0, 0.1) is 0 Å². The molecule has 0 bridgehead atoms. The summed E-state index contributed by atoms with van der Waals surface area (Å²) in [7, 11) is -0.561. The van der Waals surface area contributed by atoms with Crippen LogP contribution in [0.4, 0.5) is 0 Å². The zero-order valence-electron chi connectivity index (χ0n) is 16.8. The van der Waals surface area contributed by atoms with E-state index in [2.05, 4.69) is 0 Å². The molecule has 0 amide bonds. The summed E-state index contributed by atoms with van der Waals surface area (Å²) in [6, 6.07) is 9.26. The van der Waals surface area contributed by atoms with E-state index in [4.69, 9.17) is 21.1 Å². The van der Waals surface area contributed by atoms with Crippen LogP contribution >= 0.6 is 11.6 Å². The third kappa shape index (κ3) is 5.18. The molecule has 0 spiro atoms. The van der Waals surface area contributed by atoms with Gasteiger partial charge in [-0.25, -0.2) is 8.42 Å². The predicted octanol–water partition coefficient (Wildman–Crippen LogP) is 4.28. The number of ether oxygens (including phenoxy) is 2. The molecule has 0 saturated carbocycles. The van der Waals surface area contributed by atoms with Crippen molar-refractivity contribution in [3.8, 4) is 11.5 Å². The third-order valence-corrected chi connectivity index (χ3v) is 6.71. The Morgan fingerprint density at radius 1 is 1.07 bits per heavy atom. The minimum atomic E-state index is -3.55. The molecular formula is C21H24ClNO5S. The number of nitrogens with zero attached hydrogens (tertiary/aromatic N) is 1. The van der Waals surface area contributed by atoms with Gasteiger partial charge in [-0.15, -0.1) is 0 Å². The molecule has 0 heterocycles. The Hall–Kier alpha value is -2.35. The van der Waals surface area contributed by atoms with Gasteiger partial charge in [0.1, 0.15) is 0 Å². The predicted molar refractivity (Wildman–Crippen MR) is 114 cm³/mol. The summed E-state index contributed by atoms with van der Waals surface area (Å²) in [6.07, 6.45) is 3.00. The summed E-state index contributed by atoms with van der Waals surface area (Å²) in [6.45, 7) is 4.33. The number of ketones is 1. The molecule has 0 aromatic heterocycles. The van der Waals surface area contributed by atoms with Crippen molar-refractivity contribution in [2.75, 3.05) is 27.3 Å². The van der Waals surface area contributed by atoms with E-state index < -0.39 is 10.0 Å². The SMILES string of the molecule is CCN(CC)S(=O)(=O)c1ccc(C(=O)/C=C/c2cc(Cl)c(OC)c(OC)c2)cc1. The number of carbonyl (C=O) groups excluding carboxylic acids is 1. The lowest BCUT2D eigenvalue weighted by molar-refractivity contribution is 0.104. The van der Waals surface area contributed by atoms with Crippen molar-refractivity contribution in [3.63, 3.8) is 0 Å². The van der Waals surface area contributed by atoms with Crippen molar-refractivity contribution in [2.45, 2.75) is 18.7 Å². The summed E-state index contributed by atoms with van der Waals surface area (Å²) in [4.78, 5) is 12.6. The highest BCUT2D eigenvalue weighted by Gasteiger charge is 2.21. The summed E-state index contributed by atoms with van der Waals surface area (Å²) in [5.41, 5.74) is 1.05. The molecule has 29 heavy (non-hydrogen) atoms. The van der Waals surface area contributed by atoms with E-state index in [1.165, 1.54) is 48.9 Å². The lowest BCUT2D eigenvalue weighted by atomic mass is 10.1. The molecule has 0 fully saturated rings. The number of sulfonamides is 1. The first kappa shape index (κ1) is 22.9. The molecule has 0 N–H and O–H groups in total. The number of allylic oxidation sites excluding steroid dienone is 1. The average Bonchev–Trinajstić information content (AvgIpc) is 2.72. The third-order valence-electron chi connectivity index (χ3n) is 4.37. The summed E-state index contributed by atoms with van der Waals surface area (Å²) < 4.78 is 36.8. The van der Waals surface area contributed by atoms with Gasteiger partial charge in [-0.05, 0) is 48.0 Å². The van der Waals surface area contributed by atoms with Crippen LogP contribution in [0.2, 0.25) is 5.02 Å². The van der Waals surface area contributed by atoms with Crippen LogP contribution in [-0.2, 0) is 10.0 Å². The molecule has 6 nitrogen and oxygen atoms in total. The van der Waals surface area contributed by atoms with Crippen molar-refractivity contribution in [2.24, 2.45) is 0 Å². The lowest BCUT2D eigenvalue weighted by Gasteiger charge is -2.18. The number of benzene rings is 2. The Morgan fingerprint density at radius 3 is 2.21 bits per heavy atom. The van der Waals surface area contributed by atoms with Gasteiger partial charge < -0.3 is 9.47 Å². The minimum absolute atomic E-state index is 0.161. The fraction of sp³-hybridized carbons (Fsp3) is 0.286. The maximum atomic E-state index is 12.5. The largest absolute Gasteiger partial charge is 0.493 e. The topological polar surface area (TPSA) is 72.9 Å². The second kappa shape index (κ2) is 9.91. The van der Waals surface area contributed by atoms with Gasteiger partial charge in [0, 0.05) is 18.7 Å². The Kier molecular flexibility index (Phi) is 7.84. The van der Waals surface area contributed by atoms with Crippen molar-refractivity contribution >= 4 is 33.5 Å². The molecular weight excluding hydrogens is 414 g/mol. The van der Waals surface area contributed by atoms with Crippen molar-refractivity contribution < 1.29 is 22.7 Å². The highest BCUT2D eigenvalue weighted by Crippen LogP contribution is 2.36. The van der Waals surface area contributed by atoms with Gasteiger partial charge >= 0.3 is 0 Å². The second-order valence-corrected chi connectivity index (χ2v) is 8.39. The van der Waals surface area contributed by atoms with E-state index >= 15 is 0 Å². The molecule has 0 radical (unpaired) electrons. The van der Waals surface area contributed by atoms with Gasteiger partial charge in [-0.2, -0.15) is 4.31 Å². The van der Waals surface area contributed by atoms with Crippen LogP contribution < -0.4 is 9.47 Å². The summed E-state index contributed by atoms with van der Waals surface area (Å²) in [5, 5.41) is 0.366. The molecule has 0 unspecified atom stereocenters. The average molecular weight is 438 g/mol. The maximum Gasteiger partial charge on any atom is 0.243 e. The first-order valence-electron chi connectivity index (χ1n) is 9.02. The zero-order valence-corrected chi connectivity index (χ0v) is 18.4. The van der Waals surface area contributed by atoms with Crippen molar-refractivity contribution in [1.29, 1.82) is 0 Å². The number of carbonyl (C=O) groups is 1. The molecule has 2 aromatic carbocycles. The van der Waals surface area contributed by atoms with Gasteiger partial charge in [-0.1, -0.05) is 31.5 Å². The zero-order chi connectivity index (χ0) is 21.6. The maximum absolute atomic E-state index is 12.5. The van der Waals surface area contributed by atoms with Crippen LogP contribution in [0.1, 0.15) is 29.8 Å². The fourth-order valence-corrected chi connectivity index (χ4v) is 4.56. The monoisotopic (exact) mass is 437 g/mol. The molecule has 2 aromatic rings. The first-order chi connectivity index (χ1) is 13.8. The second-order valence-electron chi connectivity index (χ2n) is 6.05. The van der Waals surface area contributed by atoms with Crippen LogP contribution in [0.3, 0.4) is 0 Å². The van der Waals surface area contributed by atoms with Crippen molar-refractivity contribution in [1.82, 2.24) is 4.31 Å². The Morgan fingerprint density at radius 2 is 1.69 bits per heavy atom. The van der Waals surface area contributed by atoms with Gasteiger partial charge in [0.15, 0.2) is 17.3 Å². The standard InChI is InChI=1S/C21H24ClNO5S/c1-5-23(6-2)29(25,26)17-10-8-16(9-11-17)19(24)12-7-15-13-18(22)21(28-4)20(14-15)27-3/h7-14H,5-6H2,1-4H3/b12-7+. The number of hydrogen-bond acceptors (Lipinski definition) is 5. The first-order valence-corrected chi connectivity index (χ1v) is 10.8. The quantitative estimate of drug-likeness (QED) is 0.432. The van der Waals surface area contributed by atoms with Gasteiger partial charge in [0.25, 0.3) is 0 Å². The van der Waals surface area contributed by atoms with E-state index in [1.54, 1.807) is 32.1 Å². The molecule has 0 aliphatic carbocycles. The van der Waals surface area contributed by atoms with Crippen LogP contribution in [0.5, 0.6) is 11.5 Å². The van der Waals surface area contributed by atoms with E-state index in [0.29, 0.717) is 40.7 Å². The van der Waals surface area contributed by atoms with Gasteiger partial charge in [0.2, 0.25) is 10.0 Å². The molecule has 0 aliphatic rings. The Bertz CT molecular complexity index is 996. The fourth-order valence-electron chi connectivity index (χ4n) is 2.81. The molecule has 0 aliphatic heterocycles. The Balaban J connectivity index is 2.23. The van der Waals surface area contributed by atoms with E-state index in [-0.39, 0.29) is 10.7 Å². The molecule has 8 heteroatoms. The van der Waals surface area contributed by atoms with E-state index in [1.807, 2.05) is 0 Å². The van der Waals surface area contributed by atoms with E-state index in [9.17, 15) is 13.2 Å². The Labute approximate surface area is 176 Å². The van der Waals surface area contributed by atoms with Crippen LogP contribution in [0.15, 0.2) is 47.4 Å².